The molecule has 2 bridgehead atoms. The summed E-state index contributed by atoms with van der Waals surface area (Å²) in [4.78, 5) is 0. The molecule has 16 heavy (non-hydrogen) atoms. The Morgan fingerprint density at radius 2 is 2.25 bits per heavy atom. The number of hydrogen-bond donors (Lipinski definition) is 1. The normalized spacial score (nSPS) is 31.8. The van der Waals surface area contributed by atoms with Crippen molar-refractivity contribution in [3.8, 4) is 0 Å². The van der Waals surface area contributed by atoms with Gasteiger partial charge in [0.1, 0.15) is 0 Å². The summed E-state index contributed by atoms with van der Waals surface area (Å²) >= 11 is 0. The second-order valence-electron chi connectivity index (χ2n) is 5.32. The highest BCUT2D eigenvalue weighted by Gasteiger charge is 2.50. The molecular weight excluding hydrogens is 228 g/mol. The summed E-state index contributed by atoms with van der Waals surface area (Å²) in [5.74, 6) is 1.35. The number of hydrogen-bond acceptors (Lipinski definition) is 3. The zero-order valence-corrected chi connectivity index (χ0v) is 10.5. The van der Waals surface area contributed by atoms with Crippen molar-refractivity contribution < 1.29 is 17.2 Å². The van der Waals surface area contributed by atoms with Crippen LogP contribution < -0.4 is 0 Å². The monoisotopic (exact) mass is 246 g/mol. The third kappa shape index (κ3) is 2.17. The fourth-order valence-corrected chi connectivity index (χ4v) is 3.32. The average Bonchev–Trinajstić information content (AvgIpc) is 2.15. The van der Waals surface area contributed by atoms with Crippen LogP contribution in [0.1, 0.15) is 33.1 Å². The van der Waals surface area contributed by atoms with Crippen LogP contribution in [-0.4, -0.2) is 19.6 Å². The van der Waals surface area contributed by atoms with E-state index in [0.717, 1.165) is 12.3 Å². The van der Waals surface area contributed by atoms with Gasteiger partial charge in [0, 0.05) is 0 Å². The molecule has 0 aliphatic heterocycles. The predicted molar refractivity (Wildman–Crippen MR) is 60.2 cm³/mol. The maximum absolute atomic E-state index is 10.4. The lowest BCUT2D eigenvalue weighted by Crippen LogP contribution is -2.48. The average molecular weight is 246 g/mol. The first-order chi connectivity index (χ1) is 7.31. The molecule has 2 unspecified atom stereocenters. The molecule has 0 aromatic heterocycles. The van der Waals surface area contributed by atoms with Gasteiger partial charge < -0.3 is 0 Å². The van der Waals surface area contributed by atoms with Crippen LogP contribution in [0.15, 0.2) is 11.6 Å². The van der Waals surface area contributed by atoms with Gasteiger partial charge in [0.2, 0.25) is 0 Å². The molecule has 3 rings (SSSR count). The van der Waals surface area contributed by atoms with E-state index in [4.69, 9.17) is 4.55 Å². The molecule has 3 aliphatic rings. The third-order valence-corrected chi connectivity index (χ3v) is 4.67. The molecule has 2 atom stereocenters. The smallest absolute Gasteiger partial charge is 0.264 e. The van der Waals surface area contributed by atoms with Crippen LogP contribution in [0, 0.1) is 17.3 Å². The second-order valence-corrected chi connectivity index (χ2v) is 6.41. The molecule has 1 N–H and O–H groups in total. The van der Waals surface area contributed by atoms with Gasteiger partial charge in [-0.25, -0.2) is 4.18 Å². The Hall–Kier alpha value is -0.390. The minimum atomic E-state index is -4.29. The Labute approximate surface area is 96.6 Å². The second kappa shape index (κ2) is 3.82. The van der Waals surface area contributed by atoms with Crippen molar-refractivity contribution in [1.82, 2.24) is 0 Å². The molecule has 0 heterocycles. The maximum Gasteiger partial charge on any atom is 0.397 e. The molecule has 0 aromatic carbocycles. The van der Waals surface area contributed by atoms with Gasteiger partial charge in [-0.05, 0) is 36.5 Å². The molecule has 0 saturated heterocycles. The summed E-state index contributed by atoms with van der Waals surface area (Å²) in [5.41, 5.74) is 1.64. The molecule has 0 radical (unpaired) electrons. The molecule has 0 amide bonds. The first-order valence-corrected chi connectivity index (χ1v) is 6.98. The number of fused-ring (bicyclic) bond motifs is 1. The van der Waals surface area contributed by atoms with Gasteiger partial charge in [-0.2, -0.15) is 8.42 Å². The van der Waals surface area contributed by atoms with Gasteiger partial charge in [-0.3, -0.25) is 4.55 Å². The Bertz CT molecular complexity index is 408. The highest BCUT2D eigenvalue weighted by atomic mass is 32.3. The molecule has 1 fully saturated rings. The topological polar surface area (TPSA) is 63.6 Å². The van der Waals surface area contributed by atoms with Gasteiger partial charge in [0.15, 0.2) is 0 Å². The van der Waals surface area contributed by atoms with Crippen LogP contribution in [0.5, 0.6) is 0 Å². The van der Waals surface area contributed by atoms with E-state index in [1.807, 2.05) is 0 Å². The SMILES string of the molecule is CC1(C)C2CC=C(CCOS(=O)(=O)O)C1C2. The van der Waals surface area contributed by atoms with Crippen molar-refractivity contribution in [3.05, 3.63) is 11.6 Å². The van der Waals surface area contributed by atoms with Gasteiger partial charge in [0.25, 0.3) is 0 Å². The van der Waals surface area contributed by atoms with Crippen molar-refractivity contribution in [2.24, 2.45) is 17.3 Å². The standard InChI is InChI=1S/C11H18O4S/c1-11(2)9-4-3-8(10(11)7-9)5-6-15-16(12,13)14/h3,9-10H,4-7H2,1-2H3,(H,12,13,14). The highest BCUT2D eigenvalue weighted by Crippen LogP contribution is 2.59. The zero-order chi connectivity index (χ0) is 12.0. The minimum Gasteiger partial charge on any atom is -0.264 e. The summed E-state index contributed by atoms with van der Waals surface area (Å²) in [5, 5.41) is 0. The molecule has 3 aliphatic carbocycles. The lowest BCUT2D eigenvalue weighted by molar-refractivity contribution is -0.00919. The Balaban J connectivity index is 1.90. The van der Waals surface area contributed by atoms with E-state index in [1.165, 1.54) is 12.0 Å². The van der Waals surface area contributed by atoms with Crippen molar-refractivity contribution in [2.75, 3.05) is 6.61 Å². The van der Waals surface area contributed by atoms with E-state index >= 15 is 0 Å². The Morgan fingerprint density at radius 3 is 2.75 bits per heavy atom. The Kier molecular flexibility index (Phi) is 2.88. The number of allylic oxidation sites excluding steroid dienone is 1. The van der Waals surface area contributed by atoms with E-state index in [0.29, 0.717) is 17.8 Å². The summed E-state index contributed by atoms with van der Waals surface area (Å²) in [6.45, 7) is 4.58. The molecule has 1 saturated carbocycles. The summed E-state index contributed by atoms with van der Waals surface area (Å²) in [6, 6.07) is 0. The first kappa shape index (κ1) is 12.1. The van der Waals surface area contributed by atoms with E-state index < -0.39 is 10.4 Å². The van der Waals surface area contributed by atoms with Gasteiger partial charge in [-0.1, -0.05) is 25.5 Å². The molecule has 5 heteroatoms. The van der Waals surface area contributed by atoms with Crippen LogP contribution in [-0.2, 0) is 14.6 Å². The van der Waals surface area contributed by atoms with E-state index in [1.54, 1.807) is 0 Å². The summed E-state index contributed by atoms with van der Waals surface area (Å²) in [7, 11) is -4.29. The van der Waals surface area contributed by atoms with Crippen molar-refractivity contribution in [2.45, 2.75) is 33.1 Å². The van der Waals surface area contributed by atoms with Crippen LogP contribution in [0.25, 0.3) is 0 Å². The molecule has 0 aromatic rings. The molecule has 4 nitrogen and oxygen atoms in total. The fraction of sp³-hybridized carbons (Fsp3) is 0.818. The number of rotatable bonds is 4. The van der Waals surface area contributed by atoms with Gasteiger partial charge >= 0.3 is 10.4 Å². The van der Waals surface area contributed by atoms with Crippen LogP contribution >= 0.6 is 0 Å². The van der Waals surface area contributed by atoms with Crippen molar-refractivity contribution in [1.29, 1.82) is 0 Å². The summed E-state index contributed by atoms with van der Waals surface area (Å²) < 4.78 is 33.6. The first-order valence-electron chi connectivity index (χ1n) is 5.61. The Morgan fingerprint density at radius 1 is 1.56 bits per heavy atom. The van der Waals surface area contributed by atoms with Crippen molar-refractivity contribution >= 4 is 10.4 Å². The molecular formula is C11H18O4S. The largest absolute Gasteiger partial charge is 0.397 e. The van der Waals surface area contributed by atoms with Crippen LogP contribution in [0.2, 0.25) is 0 Å². The van der Waals surface area contributed by atoms with Crippen molar-refractivity contribution in [3.63, 3.8) is 0 Å². The lowest BCUT2D eigenvalue weighted by Gasteiger charge is -2.56. The quantitative estimate of drug-likeness (QED) is 0.610. The molecule has 92 valence electrons. The minimum absolute atomic E-state index is 0.0436. The zero-order valence-electron chi connectivity index (χ0n) is 9.64. The van der Waals surface area contributed by atoms with Gasteiger partial charge in [-0.15, -0.1) is 0 Å². The van der Waals surface area contributed by atoms with Crippen LogP contribution in [0.3, 0.4) is 0 Å². The highest BCUT2D eigenvalue weighted by molar-refractivity contribution is 7.80. The summed E-state index contributed by atoms with van der Waals surface area (Å²) in [6.07, 6.45) is 5.10. The maximum atomic E-state index is 10.4. The molecule has 0 spiro atoms. The van der Waals surface area contributed by atoms with Gasteiger partial charge in [0.05, 0.1) is 6.61 Å². The van der Waals surface area contributed by atoms with E-state index in [-0.39, 0.29) is 6.61 Å². The van der Waals surface area contributed by atoms with Crippen LogP contribution in [0.4, 0.5) is 0 Å². The van der Waals surface area contributed by atoms with E-state index in [9.17, 15) is 8.42 Å². The fourth-order valence-electron chi connectivity index (χ4n) is 3.02. The predicted octanol–water partition coefficient (Wildman–Crippen LogP) is 2.19. The lowest BCUT2D eigenvalue weighted by atomic mass is 9.48. The third-order valence-electron chi connectivity index (χ3n) is 4.21. The van der Waals surface area contributed by atoms with E-state index in [2.05, 4.69) is 24.1 Å².